The average molecular weight is 190 g/mol. The molecule has 2 rings (SSSR count). The monoisotopic (exact) mass is 190 g/mol. The minimum Gasteiger partial charge on any atom is -0.430 e. The van der Waals surface area contributed by atoms with Crippen molar-refractivity contribution in [2.45, 2.75) is 26.1 Å². The second-order valence-electron chi connectivity index (χ2n) is 2.96. The zero-order valence-corrected chi connectivity index (χ0v) is 7.82. The van der Waals surface area contributed by atoms with E-state index in [1.54, 1.807) is 6.92 Å². The Morgan fingerprint density at radius 1 is 1.23 bits per heavy atom. The summed E-state index contributed by atoms with van der Waals surface area (Å²) in [5.74, 6) is 0. The number of ether oxygens (including phenoxy) is 4. The Labute approximate surface area is 76.9 Å². The van der Waals surface area contributed by atoms with Crippen molar-refractivity contribution in [3.63, 3.8) is 0 Å². The second kappa shape index (κ2) is 5.04. The summed E-state index contributed by atoms with van der Waals surface area (Å²) in [7, 11) is 0. The first kappa shape index (κ1) is 10.3. The lowest BCUT2D eigenvalue weighted by atomic mass is 10.5. The molecule has 13 heavy (non-hydrogen) atoms. The molecule has 2 fully saturated rings. The summed E-state index contributed by atoms with van der Waals surface area (Å²) in [5.41, 5.74) is 0. The van der Waals surface area contributed by atoms with Gasteiger partial charge in [-0.3, -0.25) is 0 Å². The van der Waals surface area contributed by atoms with Gasteiger partial charge in [-0.1, -0.05) is 0 Å². The quantitative estimate of drug-likeness (QED) is 0.531. The van der Waals surface area contributed by atoms with Crippen LogP contribution in [-0.2, 0) is 18.9 Å². The van der Waals surface area contributed by atoms with Crippen LogP contribution in [0.2, 0.25) is 0 Å². The lowest BCUT2D eigenvalue weighted by molar-refractivity contribution is 0.0514. The van der Waals surface area contributed by atoms with E-state index in [1.165, 1.54) is 0 Å². The highest BCUT2D eigenvalue weighted by Gasteiger charge is 2.19. The minimum absolute atomic E-state index is 0.0486. The highest BCUT2D eigenvalue weighted by Crippen LogP contribution is 2.02. The van der Waals surface area contributed by atoms with Crippen molar-refractivity contribution in [1.29, 1.82) is 0 Å². The molecule has 0 N–H and O–H groups in total. The zero-order valence-electron chi connectivity index (χ0n) is 7.82. The number of hydrogen-bond donors (Lipinski definition) is 0. The van der Waals surface area contributed by atoms with Gasteiger partial charge >= 0.3 is 6.16 Å². The van der Waals surface area contributed by atoms with Crippen LogP contribution in [0.25, 0.3) is 0 Å². The van der Waals surface area contributed by atoms with Crippen molar-refractivity contribution in [2.24, 2.45) is 0 Å². The molecule has 2 aliphatic rings. The maximum Gasteiger partial charge on any atom is 0.508 e. The van der Waals surface area contributed by atoms with Crippen molar-refractivity contribution in [3.05, 3.63) is 0 Å². The summed E-state index contributed by atoms with van der Waals surface area (Å²) in [5, 5.41) is 0. The lowest BCUT2D eigenvalue weighted by Crippen LogP contribution is -2.01. The average Bonchev–Trinajstić information content (AvgIpc) is 2.64. The Kier molecular flexibility index (Phi) is 3.98. The predicted octanol–water partition coefficient (Wildman–Crippen LogP) is 0.921. The fraction of sp³-hybridized carbons (Fsp3) is 0.875. The first-order valence-corrected chi connectivity index (χ1v) is 4.21. The van der Waals surface area contributed by atoms with Gasteiger partial charge < -0.3 is 18.9 Å². The highest BCUT2D eigenvalue weighted by atomic mass is 16.8. The van der Waals surface area contributed by atoms with Crippen molar-refractivity contribution in [3.8, 4) is 0 Å². The Hall–Kier alpha value is -0.810. The van der Waals surface area contributed by atoms with Crippen molar-refractivity contribution in [2.75, 3.05) is 20.0 Å². The molecule has 5 nitrogen and oxygen atoms in total. The topological polar surface area (TPSA) is 54.0 Å². The van der Waals surface area contributed by atoms with Crippen LogP contribution < -0.4 is 0 Å². The van der Waals surface area contributed by atoms with E-state index in [-0.39, 0.29) is 6.10 Å². The second-order valence-corrected chi connectivity index (χ2v) is 2.96. The molecule has 0 aromatic carbocycles. The van der Waals surface area contributed by atoms with E-state index in [0.29, 0.717) is 19.5 Å². The summed E-state index contributed by atoms with van der Waals surface area (Å²) in [4.78, 5) is 10.0. The summed E-state index contributed by atoms with van der Waals surface area (Å²) < 4.78 is 18.7. The summed E-state index contributed by atoms with van der Waals surface area (Å²) in [6.45, 7) is 5.43. The Balaban J connectivity index is 0.000000132. The van der Waals surface area contributed by atoms with Gasteiger partial charge in [0.05, 0.1) is 12.7 Å². The molecule has 2 saturated heterocycles. The van der Waals surface area contributed by atoms with E-state index in [1.807, 2.05) is 6.92 Å². The molecule has 2 atom stereocenters. The third-order valence-electron chi connectivity index (χ3n) is 1.52. The molecular formula is C8H14O5. The van der Waals surface area contributed by atoms with Gasteiger partial charge in [0.15, 0.2) is 0 Å². The molecule has 0 aromatic heterocycles. The largest absolute Gasteiger partial charge is 0.508 e. The van der Waals surface area contributed by atoms with Gasteiger partial charge in [0.25, 0.3) is 0 Å². The molecule has 0 radical (unpaired) electrons. The summed E-state index contributed by atoms with van der Waals surface area (Å²) in [6, 6.07) is 0. The molecule has 76 valence electrons. The third-order valence-corrected chi connectivity index (χ3v) is 1.52. The first-order valence-electron chi connectivity index (χ1n) is 4.21. The smallest absolute Gasteiger partial charge is 0.430 e. The molecule has 0 bridgehead atoms. The van der Waals surface area contributed by atoms with Crippen molar-refractivity contribution >= 4 is 6.16 Å². The number of carbonyl (C=O) groups excluding carboxylic acids is 1. The van der Waals surface area contributed by atoms with Gasteiger partial charge in [0.1, 0.15) is 19.5 Å². The molecule has 2 heterocycles. The molecule has 2 unspecified atom stereocenters. The lowest BCUT2D eigenvalue weighted by Gasteiger charge is -1.90. The molecular weight excluding hydrogens is 176 g/mol. The van der Waals surface area contributed by atoms with Crippen molar-refractivity contribution in [1.82, 2.24) is 0 Å². The van der Waals surface area contributed by atoms with Gasteiger partial charge in [-0.05, 0) is 13.8 Å². The van der Waals surface area contributed by atoms with E-state index in [0.717, 1.165) is 6.61 Å². The molecule has 0 saturated carbocycles. The molecule has 0 aliphatic carbocycles. The third kappa shape index (κ3) is 4.10. The fourth-order valence-electron chi connectivity index (χ4n) is 0.844. The molecule has 5 heteroatoms. The van der Waals surface area contributed by atoms with Crippen LogP contribution >= 0.6 is 0 Å². The van der Waals surface area contributed by atoms with Crippen LogP contribution in [0.1, 0.15) is 13.8 Å². The summed E-state index contributed by atoms with van der Waals surface area (Å²) >= 11 is 0. The molecule has 0 amide bonds. The SMILES string of the molecule is CC1COC(=O)O1.CC1COCO1. The first-order chi connectivity index (χ1) is 6.18. The minimum atomic E-state index is -0.549. The van der Waals surface area contributed by atoms with Crippen LogP contribution in [-0.4, -0.2) is 38.4 Å². The highest BCUT2D eigenvalue weighted by molar-refractivity contribution is 5.61. The number of cyclic esters (lactones) is 2. The predicted molar refractivity (Wildman–Crippen MR) is 43.3 cm³/mol. The van der Waals surface area contributed by atoms with E-state index < -0.39 is 6.16 Å². The van der Waals surface area contributed by atoms with Crippen LogP contribution in [0.5, 0.6) is 0 Å². The van der Waals surface area contributed by atoms with Gasteiger partial charge in [0.2, 0.25) is 0 Å². The normalized spacial score (nSPS) is 31.7. The van der Waals surface area contributed by atoms with Gasteiger partial charge in [-0.15, -0.1) is 0 Å². The maximum atomic E-state index is 10.0. The van der Waals surface area contributed by atoms with Crippen molar-refractivity contribution < 1.29 is 23.7 Å². The zero-order chi connectivity index (χ0) is 9.68. The van der Waals surface area contributed by atoms with Crippen LogP contribution in [0.4, 0.5) is 4.79 Å². The maximum absolute atomic E-state index is 10.0. The van der Waals surface area contributed by atoms with E-state index in [4.69, 9.17) is 9.47 Å². The summed E-state index contributed by atoms with van der Waals surface area (Å²) in [6.07, 6.45) is -0.273. The van der Waals surface area contributed by atoms with Gasteiger partial charge in [-0.25, -0.2) is 4.79 Å². The number of hydrogen-bond acceptors (Lipinski definition) is 5. The molecule has 0 aromatic rings. The molecule has 0 spiro atoms. The molecule has 2 aliphatic heterocycles. The van der Waals surface area contributed by atoms with Gasteiger partial charge in [-0.2, -0.15) is 0 Å². The van der Waals surface area contributed by atoms with E-state index >= 15 is 0 Å². The Morgan fingerprint density at radius 3 is 2.15 bits per heavy atom. The van der Waals surface area contributed by atoms with E-state index in [9.17, 15) is 4.79 Å². The Morgan fingerprint density at radius 2 is 2.00 bits per heavy atom. The van der Waals surface area contributed by atoms with Crippen LogP contribution in [0, 0.1) is 0 Å². The number of rotatable bonds is 0. The van der Waals surface area contributed by atoms with Crippen LogP contribution in [0.3, 0.4) is 0 Å². The van der Waals surface area contributed by atoms with Gasteiger partial charge in [0, 0.05) is 0 Å². The standard InChI is InChI=1S/C4H6O3.C4H8O2/c1-3-2-6-4(5)7-3;1-4-2-5-3-6-4/h3H,2H2,1H3;4H,2-3H2,1H3. The van der Waals surface area contributed by atoms with E-state index in [2.05, 4.69) is 9.47 Å². The van der Waals surface area contributed by atoms with Crippen LogP contribution in [0.15, 0.2) is 0 Å². The fourth-order valence-corrected chi connectivity index (χ4v) is 0.844. The Bertz CT molecular complexity index is 164. The number of carbonyl (C=O) groups is 1.